The summed E-state index contributed by atoms with van der Waals surface area (Å²) in [4.78, 5) is 28.7. The van der Waals surface area contributed by atoms with Crippen molar-refractivity contribution in [3.05, 3.63) is 105 Å². The van der Waals surface area contributed by atoms with E-state index in [2.05, 4.69) is 5.32 Å². The van der Waals surface area contributed by atoms with Crippen molar-refractivity contribution in [2.45, 2.75) is 38.6 Å². The molecule has 0 saturated heterocycles. The molecule has 2 amide bonds. The van der Waals surface area contributed by atoms with Gasteiger partial charge in [-0.15, -0.1) is 11.8 Å². The van der Waals surface area contributed by atoms with Crippen LogP contribution < -0.4 is 5.32 Å². The fourth-order valence-corrected chi connectivity index (χ4v) is 4.98. The van der Waals surface area contributed by atoms with Crippen molar-refractivity contribution < 1.29 is 14.0 Å². The topological polar surface area (TPSA) is 49.4 Å². The molecule has 4 nitrogen and oxygen atoms in total. The van der Waals surface area contributed by atoms with Crippen molar-refractivity contribution >= 4 is 46.8 Å². The fraction of sp³-hybridized carbons (Fsp3) is 0.310. The summed E-state index contributed by atoms with van der Waals surface area (Å²) < 4.78 is 14.1. The van der Waals surface area contributed by atoms with Crippen LogP contribution in [0.2, 0.25) is 10.0 Å². The molecule has 0 aliphatic rings. The summed E-state index contributed by atoms with van der Waals surface area (Å²) in [6, 6.07) is 20.6. The van der Waals surface area contributed by atoms with E-state index in [0.29, 0.717) is 34.3 Å². The molecule has 0 unspecified atom stereocenters. The van der Waals surface area contributed by atoms with Crippen LogP contribution in [0.3, 0.4) is 0 Å². The molecule has 0 aromatic heterocycles. The van der Waals surface area contributed by atoms with Gasteiger partial charge in [-0.25, -0.2) is 4.39 Å². The van der Waals surface area contributed by atoms with Gasteiger partial charge in [-0.1, -0.05) is 91.6 Å². The zero-order chi connectivity index (χ0) is 26.8. The number of nitrogens with one attached hydrogen (secondary N) is 1. The number of halogens is 3. The highest BCUT2D eigenvalue weighted by atomic mass is 35.5. The van der Waals surface area contributed by atoms with Gasteiger partial charge in [0, 0.05) is 25.3 Å². The first-order chi connectivity index (χ1) is 17.7. The predicted octanol–water partition coefficient (Wildman–Crippen LogP) is 6.78. The van der Waals surface area contributed by atoms with Gasteiger partial charge in [0.05, 0.1) is 15.8 Å². The Morgan fingerprint density at radius 1 is 0.946 bits per heavy atom. The van der Waals surface area contributed by atoms with Gasteiger partial charge >= 0.3 is 0 Å². The van der Waals surface area contributed by atoms with E-state index in [1.165, 1.54) is 17.8 Å². The highest BCUT2D eigenvalue weighted by molar-refractivity contribution is 7.99. The Bertz CT molecular complexity index is 1190. The highest BCUT2D eigenvalue weighted by Crippen LogP contribution is 2.25. The first-order valence-electron chi connectivity index (χ1n) is 12.1. The molecular weight excluding hydrogens is 530 g/mol. The van der Waals surface area contributed by atoms with Crippen LogP contribution in [0, 0.1) is 11.7 Å². The molecule has 196 valence electrons. The van der Waals surface area contributed by atoms with Crippen LogP contribution in [0.1, 0.15) is 30.5 Å². The molecule has 0 fully saturated rings. The summed E-state index contributed by atoms with van der Waals surface area (Å²) in [5.41, 5.74) is 2.24. The van der Waals surface area contributed by atoms with Crippen LogP contribution >= 0.6 is 35.0 Å². The van der Waals surface area contributed by atoms with Crippen LogP contribution in [-0.4, -0.2) is 35.1 Å². The molecule has 0 radical (unpaired) electrons. The Morgan fingerprint density at radius 3 is 2.32 bits per heavy atom. The maximum Gasteiger partial charge on any atom is 0.243 e. The average Bonchev–Trinajstić information content (AvgIpc) is 2.88. The van der Waals surface area contributed by atoms with Gasteiger partial charge in [-0.2, -0.15) is 0 Å². The molecule has 3 aromatic carbocycles. The van der Waals surface area contributed by atoms with E-state index in [-0.39, 0.29) is 35.8 Å². The standard InChI is InChI=1S/C29H31Cl2FN2O2S/c1-20(2)16-33-29(36)27(15-21-8-4-3-5-9-21)34(17-22-12-13-24(30)25(31)14-22)28(35)19-37-18-23-10-6-7-11-26(23)32/h3-14,20,27H,15-19H2,1-2H3,(H,33,36)/t27-/m0/s1. The number of thioether (sulfide) groups is 1. The van der Waals surface area contributed by atoms with E-state index < -0.39 is 6.04 Å². The SMILES string of the molecule is CC(C)CNC(=O)[C@H](Cc1ccccc1)N(Cc1ccc(Cl)c(Cl)c1)C(=O)CSCc1ccccc1F. The number of hydrogen-bond donors (Lipinski definition) is 1. The van der Waals surface area contributed by atoms with Crippen LogP contribution in [-0.2, 0) is 28.3 Å². The Hall–Kier alpha value is -2.54. The van der Waals surface area contributed by atoms with E-state index in [0.717, 1.165) is 11.1 Å². The lowest BCUT2D eigenvalue weighted by molar-refractivity contribution is -0.139. The maximum absolute atomic E-state index is 14.1. The summed E-state index contributed by atoms with van der Waals surface area (Å²) in [5, 5.41) is 3.79. The Morgan fingerprint density at radius 2 is 1.65 bits per heavy atom. The first-order valence-corrected chi connectivity index (χ1v) is 14.0. The minimum atomic E-state index is -0.739. The summed E-state index contributed by atoms with van der Waals surface area (Å²) >= 11 is 13.7. The molecule has 0 bridgehead atoms. The number of hydrogen-bond acceptors (Lipinski definition) is 3. The number of nitrogens with zero attached hydrogens (tertiary/aromatic N) is 1. The van der Waals surface area contributed by atoms with Crippen molar-refractivity contribution in [2.24, 2.45) is 5.92 Å². The molecule has 37 heavy (non-hydrogen) atoms. The lowest BCUT2D eigenvalue weighted by Crippen LogP contribution is -2.51. The molecule has 3 rings (SSSR count). The molecule has 0 heterocycles. The van der Waals surface area contributed by atoms with E-state index in [9.17, 15) is 14.0 Å². The van der Waals surface area contributed by atoms with Gasteiger partial charge in [0.2, 0.25) is 11.8 Å². The quantitative estimate of drug-likeness (QED) is 0.265. The predicted molar refractivity (Wildman–Crippen MR) is 151 cm³/mol. The van der Waals surface area contributed by atoms with Crippen LogP contribution in [0.4, 0.5) is 4.39 Å². The third-order valence-electron chi connectivity index (χ3n) is 5.73. The van der Waals surface area contributed by atoms with Gasteiger partial charge in [0.15, 0.2) is 0 Å². The first kappa shape index (κ1) is 29.0. The second-order valence-corrected chi connectivity index (χ2v) is 11.0. The third-order valence-corrected chi connectivity index (χ3v) is 7.44. The second-order valence-electron chi connectivity index (χ2n) is 9.20. The smallest absolute Gasteiger partial charge is 0.243 e. The van der Waals surface area contributed by atoms with E-state index in [1.54, 1.807) is 41.3 Å². The van der Waals surface area contributed by atoms with Crippen molar-refractivity contribution in [1.82, 2.24) is 10.2 Å². The third kappa shape index (κ3) is 9.06. The summed E-state index contributed by atoms with van der Waals surface area (Å²) in [7, 11) is 0. The molecule has 3 aromatic rings. The van der Waals surface area contributed by atoms with E-state index in [4.69, 9.17) is 23.2 Å². The second kappa shape index (κ2) is 14.4. The summed E-state index contributed by atoms with van der Waals surface area (Å²) in [6.45, 7) is 4.72. The number of benzene rings is 3. The molecule has 0 saturated carbocycles. The van der Waals surface area contributed by atoms with E-state index in [1.807, 2.05) is 44.2 Å². The van der Waals surface area contributed by atoms with Gasteiger partial charge in [-0.05, 0) is 40.8 Å². The Labute approximate surface area is 232 Å². The number of carbonyl (C=O) groups excluding carboxylic acids is 2. The lowest BCUT2D eigenvalue weighted by Gasteiger charge is -2.32. The van der Waals surface area contributed by atoms with Crippen molar-refractivity contribution in [3.63, 3.8) is 0 Å². The van der Waals surface area contributed by atoms with Crippen molar-refractivity contribution in [3.8, 4) is 0 Å². The zero-order valence-corrected chi connectivity index (χ0v) is 23.3. The van der Waals surface area contributed by atoms with Crippen LogP contribution in [0.5, 0.6) is 0 Å². The Balaban J connectivity index is 1.87. The minimum Gasteiger partial charge on any atom is -0.354 e. The molecule has 1 atom stereocenters. The molecule has 0 aliphatic heterocycles. The highest BCUT2D eigenvalue weighted by Gasteiger charge is 2.30. The van der Waals surface area contributed by atoms with Crippen molar-refractivity contribution in [2.75, 3.05) is 12.3 Å². The molecule has 0 aliphatic carbocycles. The van der Waals surface area contributed by atoms with Gasteiger partial charge in [-0.3, -0.25) is 9.59 Å². The zero-order valence-electron chi connectivity index (χ0n) is 20.9. The van der Waals surface area contributed by atoms with Crippen LogP contribution in [0.25, 0.3) is 0 Å². The molecular formula is C29H31Cl2FN2O2S. The van der Waals surface area contributed by atoms with Gasteiger partial charge < -0.3 is 10.2 Å². The minimum absolute atomic E-state index is 0.0956. The number of amides is 2. The molecule has 8 heteroatoms. The molecule has 0 spiro atoms. The number of carbonyl (C=O) groups is 2. The van der Waals surface area contributed by atoms with Crippen molar-refractivity contribution in [1.29, 1.82) is 0 Å². The Kier molecular flexibility index (Phi) is 11.3. The summed E-state index contributed by atoms with van der Waals surface area (Å²) in [6.07, 6.45) is 0.357. The average molecular weight is 562 g/mol. The molecule has 1 N–H and O–H groups in total. The van der Waals surface area contributed by atoms with Crippen LogP contribution in [0.15, 0.2) is 72.8 Å². The van der Waals surface area contributed by atoms with Gasteiger partial charge in [0.1, 0.15) is 11.9 Å². The van der Waals surface area contributed by atoms with E-state index >= 15 is 0 Å². The monoisotopic (exact) mass is 560 g/mol. The number of rotatable bonds is 12. The summed E-state index contributed by atoms with van der Waals surface area (Å²) in [5.74, 6) is -0.0273. The van der Waals surface area contributed by atoms with Gasteiger partial charge in [0.25, 0.3) is 0 Å². The largest absolute Gasteiger partial charge is 0.354 e. The fourth-order valence-electron chi connectivity index (χ4n) is 3.76. The lowest BCUT2D eigenvalue weighted by atomic mass is 10.0. The normalized spacial score (nSPS) is 11.8. The maximum atomic E-state index is 14.1.